The van der Waals surface area contributed by atoms with Crippen molar-refractivity contribution in [2.75, 3.05) is 19.6 Å². The van der Waals surface area contributed by atoms with Crippen molar-refractivity contribution in [2.45, 2.75) is 64.5 Å². The first-order chi connectivity index (χ1) is 9.68. The van der Waals surface area contributed by atoms with Gasteiger partial charge in [0.15, 0.2) is 0 Å². The van der Waals surface area contributed by atoms with Crippen LogP contribution in [0.4, 0.5) is 4.79 Å². The third-order valence-electron chi connectivity index (χ3n) is 4.01. The maximum Gasteiger partial charge on any atom is 0.329 e. The van der Waals surface area contributed by atoms with E-state index in [1.54, 1.807) is 13.8 Å². The summed E-state index contributed by atoms with van der Waals surface area (Å²) in [5.41, 5.74) is -2.08. The first-order valence-electron chi connectivity index (χ1n) is 7.70. The minimum atomic E-state index is -1.08. The number of likely N-dealkylation sites (N-methyl/N-ethyl adjacent to an activating group) is 1. The predicted molar refractivity (Wildman–Crippen MR) is 80.2 cm³/mol. The van der Waals surface area contributed by atoms with Gasteiger partial charge in [0, 0.05) is 13.1 Å². The quantitative estimate of drug-likeness (QED) is 0.785. The lowest BCUT2D eigenvalue weighted by Gasteiger charge is -2.39. The van der Waals surface area contributed by atoms with Crippen LogP contribution in [0.1, 0.15) is 53.4 Å². The standard InChI is InChI=1S/C15H28N2O4/c1-5-8-15(12(18)19)9-7-10-17(15)13(20)16(6-2)11-14(3,4)21/h21H,5-11H2,1-4H3,(H,18,19). The van der Waals surface area contributed by atoms with Gasteiger partial charge in [-0.3, -0.25) is 0 Å². The Bertz CT molecular complexity index is 392. The zero-order valence-corrected chi connectivity index (χ0v) is 13.6. The van der Waals surface area contributed by atoms with E-state index in [-0.39, 0.29) is 12.6 Å². The third kappa shape index (κ3) is 3.87. The fourth-order valence-corrected chi connectivity index (χ4v) is 3.11. The van der Waals surface area contributed by atoms with E-state index in [1.165, 1.54) is 9.80 Å². The SMILES string of the molecule is CCCC1(C(=O)O)CCCN1C(=O)N(CC)CC(C)(C)O. The molecule has 1 aliphatic heterocycles. The molecule has 2 N–H and O–H groups in total. The normalized spacial score (nSPS) is 22.4. The Morgan fingerprint density at radius 1 is 1.33 bits per heavy atom. The summed E-state index contributed by atoms with van der Waals surface area (Å²) in [7, 11) is 0. The van der Waals surface area contributed by atoms with Gasteiger partial charge in [0.25, 0.3) is 0 Å². The molecule has 0 aromatic heterocycles. The van der Waals surface area contributed by atoms with E-state index in [0.717, 1.165) is 0 Å². The Labute approximate surface area is 126 Å². The highest BCUT2D eigenvalue weighted by atomic mass is 16.4. The molecule has 1 fully saturated rings. The van der Waals surface area contributed by atoms with Gasteiger partial charge in [-0.1, -0.05) is 13.3 Å². The molecule has 0 saturated carbocycles. The fourth-order valence-electron chi connectivity index (χ4n) is 3.11. The number of carboxylic acids is 1. The van der Waals surface area contributed by atoms with E-state index < -0.39 is 17.1 Å². The number of hydrogen-bond donors (Lipinski definition) is 2. The summed E-state index contributed by atoms with van der Waals surface area (Å²) in [5.74, 6) is -0.922. The molecule has 6 nitrogen and oxygen atoms in total. The number of carbonyl (C=O) groups excluding carboxylic acids is 1. The number of hydrogen-bond acceptors (Lipinski definition) is 3. The van der Waals surface area contributed by atoms with Gasteiger partial charge in [0.2, 0.25) is 0 Å². The van der Waals surface area contributed by atoms with E-state index in [9.17, 15) is 19.8 Å². The molecular formula is C15H28N2O4. The minimum absolute atomic E-state index is 0.195. The number of carbonyl (C=O) groups is 2. The molecular weight excluding hydrogens is 272 g/mol. The number of aliphatic carboxylic acids is 1. The molecule has 0 bridgehead atoms. The summed E-state index contributed by atoms with van der Waals surface area (Å²) < 4.78 is 0. The Balaban J connectivity index is 2.99. The van der Waals surface area contributed by atoms with Gasteiger partial charge >= 0.3 is 12.0 Å². The topological polar surface area (TPSA) is 81.1 Å². The first kappa shape index (κ1) is 17.8. The van der Waals surface area contributed by atoms with Gasteiger partial charge in [0.05, 0.1) is 12.1 Å². The van der Waals surface area contributed by atoms with Crippen LogP contribution < -0.4 is 0 Å². The zero-order valence-electron chi connectivity index (χ0n) is 13.6. The summed E-state index contributed by atoms with van der Waals surface area (Å²) in [6.07, 6.45) is 2.39. The maximum absolute atomic E-state index is 12.7. The molecule has 1 aliphatic rings. The Morgan fingerprint density at radius 2 is 1.95 bits per heavy atom. The summed E-state index contributed by atoms with van der Waals surface area (Å²) in [6, 6.07) is -0.284. The number of nitrogens with zero attached hydrogens (tertiary/aromatic N) is 2. The highest BCUT2D eigenvalue weighted by Crippen LogP contribution is 2.35. The van der Waals surface area contributed by atoms with Crippen LogP contribution in [0.5, 0.6) is 0 Å². The number of likely N-dealkylation sites (tertiary alicyclic amines) is 1. The zero-order chi connectivity index (χ0) is 16.3. The largest absolute Gasteiger partial charge is 0.479 e. The molecule has 21 heavy (non-hydrogen) atoms. The summed E-state index contributed by atoms with van der Waals surface area (Å²) >= 11 is 0. The molecule has 1 unspecified atom stereocenters. The number of amides is 2. The highest BCUT2D eigenvalue weighted by molar-refractivity contribution is 5.87. The maximum atomic E-state index is 12.7. The van der Waals surface area contributed by atoms with Gasteiger partial charge in [-0.05, 0) is 40.0 Å². The van der Waals surface area contributed by atoms with E-state index in [4.69, 9.17) is 0 Å². The lowest BCUT2D eigenvalue weighted by Crippen LogP contribution is -2.58. The van der Waals surface area contributed by atoms with Crippen molar-refractivity contribution in [1.29, 1.82) is 0 Å². The molecule has 0 aromatic carbocycles. The molecule has 0 spiro atoms. The van der Waals surface area contributed by atoms with Crippen LogP contribution in [0.2, 0.25) is 0 Å². The first-order valence-corrected chi connectivity index (χ1v) is 7.70. The molecule has 1 saturated heterocycles. The molecule has 1 atom stereocenters. The van der Waals surface area contributed by atoms with Crippen LogP contribution in [0.25, 0.3) is 0 Å². The van der Waals surface area contributed by atoms with Crippen LogP contribution in [0.3, 0.4) is 0 Å². The van der Waals surface area contributed by atoms with E-state index in [1.807, 2.05) is 13.8 Å². The highest BCUT2D eigenvalue weighted by Gasteiger charge is 2.50. The van der Waals surface area contributed by atoms with Gasteiger partial charge in [-0.15, -0.1) is 0 Å². The van der Waals surface area contributed by atoms with Crippen molar-refractivity contribution in [3.63, 3.8) is 0 Å². The number of urea groups is 1. The predicted octanol–water partition coefficient (Wildman–Crippen LogP) is 1.92. The number of aliphatic hydroxyl groups is 1. The lowest BCUT2D eigenvalue weighted by atomic mass is 9.91. The average Bonchev–Trinajstić information content (AvgIpc) is 2.79. The van der Waals surface area contributed by atoms with E-state index in [0.29, 0.717) is 38.8 Å². The average molecular weight is 300 g/mol. The summed E-state index contributed by atoms with van der Waals surface area (Å²) in [5, 5.41) is 19.6. The van der Waals surface area contributed by atoms with Gasteiger partial charge < -0.3 is 20.0 Å². The molecule has 0 aromatic rings. The monoisotopic (exact) mass is 300 g/mol. The Morgan fingerprint density at radius 3 is 2.38 bits per heavy atom. The molecule has 1 rings (SSSR count). The second kappa shape index (κ2) is 6.64. The van der Waals surface area contributed by atoms with Gasteiger partial charge in [0.1, 0.15) is 5.54 Å². The van der Waals surface area contributed by atoms with Crippen molar-refractivity contribution in [3.05, 3.63) is 0 Å². The van der Waals surface area contributed by atoms with Crippen molar-refractivity contribution >= 4 is 12.0 Å². The molecule has 0 aliphatic carbocycles. The Hall–Kier alpha value is -1.30. The molecule has 1 heterocycles. The van der Waals surface area contributed by atoms with Crippen LogP contribution in [0, 0.1) is 0 Å². The Kier molecular flexibility index (Phi) is 5.61. The fraction of sp³-hybridized carbons (Fsp3) is 0.867. The van der Waals surface area contributed by atoms with Crippen LogP contribution in [-0.2, 0) is 4.79 Å². The lowest BCUT2D eigenvalue weighted by molar-refractivity contribution is -0.149. The van der Waals surface area contributed by atoms with Crippen molar-refractivity contribution in [3.8, 4) is 0 Å². The van der Waals surface area contributed by atoms with Gasteiger partial charge in [-0.2, -0.15) is 0 Å². The summed E-state index contributed by atoms with van der Waals surface area (Å²) in [4.78, 5) is 27.5. The second-order valence-corrected chi connectivity index (χ2v) is 6.45. The molecule has 122 valence electrons. The van der Waals surface area contributed by atoms with Crippen LogP contribution in [-0.4, -0.2) is 62.8 Å². The third-order valence-corrected chi connectivity index (χ3v) is 4.01. The molecule has 0 radical (unpaired) electrons. The minimum Gasteiger partial charge on any atom is -0.479 e. The van der Waals surface area contributed by atoms with E-state index >= 15 is 0 Å². The summed E-state index contributed by atoms with van der Waals surface area (Å²) in [6.45, 7) is 8.16. The smallest absolute Gasteiger partial charge is 0.329 e. The van der Waals surface area contributed by atoms with Gasteiger partial charge in [-0.25, -0.2) is 9.59 Å². The van der Waals surface area contributed by atoms with Crippen LogP contribution in [0.15, 0.2) is 0 Å². The second-order valence-electron chi connectivity index (χ2n) is 6.45. The van der Waals surface area contributed by atoms with Crippen molar-refractivity contribution in [2.24, 2.45) is 0 Å². The number of carboxylic acid groups (broad SMARTS) is 1. The van der Waals surface area contributed by atoms with Crippen molar-refractivity contribution < 1.29 is 19.8 Å². The van der Waals surface area contributed by atoms with Crippen molar-refractivity contribution in [1.82, 2.24) is 9.80 Å². The molecule has 6 heteroatoms. The molecule has 2 amide bonds. The number of rotatable bonds is 6. The van der Waals surface area contributed by atoms with E-state index in [2.05, 4.69) is 0 Å². The van der Waals surface area contributed by atoms with Crippen LogP contribution >= 0.6 is 0 Å².